The first-order chi connectivity index (χ1) is 9.22. The summed E-state index contributed by atoms with van der Waals surface area (Å²) in [5, 5.41) is 11.8. The average molecular weight is 306 g/mol. The quantitative estimate of drug-likeness (QED) is 0.712. The summed E-state index contributed by atoms with van der Waals surface area (Å²) in [4.78, 5) is 24.6. The maximum Gasteiger partial charge on any atom is 0.326 e. The van der Waals surface area contributed by atoms with Crippen LogP contribution in [0.1, 0.15) is 26.2 Å². The number of hydrogen-bond donors (Lipinski definition) is 2. The molecule has 2 N–H and O–H groups in total. The summed E-state index contributed by atoms with van der Waals surface area (Å²) in [7, 11) is -3.04. The number of hydrogen-bond acceptors (Lipinski definition) is 4. The molecule has 1 saturated heterocycles. The Morgan fingerprint density at radius 3 is 2.60 bits per heavy atom. The average Bonchev–Trinajstić information content (AvgIpc) is 2.32. The number of aliphatic carboxylic acids is 1. The molecular formula is C12H22N2O5S. The van der Waals surface area contributed by atoms with E-state index in [9.17, 15) is 23.1 Å². The van der Waals surface area contributed by atoms with Gasteiger partial charge in [0.05, 0.1) is 5.75 Å². The predicted octanol–water partition coefficient (Wildman–Crippen LogP) is 0.316. The van der Waals surface area contributed by atoms with Gasteiger partial charge in [-0.25, -0.2) is 18.0 Å². The first-order valence-corrected chi connectivity index (χ1v) is 8.73. The zero-order chi connectivity index (χ0) is 15.3. The van der Waals surface area contributed by atoms with Crippen molar-refractivity contribution in [3.63, 3.8) is 0 Å². The Kier molecular flexibility index (Phi) is 5.79. The monoisotopic (exact) mass is 306 g/mol. The summed E-state index contributed by atoms with van der Waals surface area (Å²) in [5.41, 5.74) is 0. The van der Waals surface area contributed by atoms with E-state index in [1.807, 2.05) is 6.92 Å². The fourth-order valence-corrected chi connectivity index (χ4v) is 3.09. The molecule has 20 heavy (non-hydrogen) atoms. The number of piperidine rings is 1. The Balaban J connectivity index is 2.50. The number of nitrogens with one attached hydrogen (secondary N) is 1. The van der Waals surface area contributed by atoms with Gasteiger partial charge >= 0.3 is 12.0 Å². The number of nitrogens with zero attached hydrogens (tertiary/aromatic N) is 1. The van der Waals surface area contributed by atoms with Crippen LogP contribution in [0.2, 0.25) is 0 Å². The van der Waals surface area contributed by atoms with E-state index < -0.39 is 27.9 Å². The molecule has 0 aromatic heterocycles. The minimum Gasteiger partial charge on any atom is -0.480 e. The summed E-state index contributed by atoms with van der Waals surface area (Å²) in [5.74, 6) is -1.07. The molecule has 116 valence electrons. The SMILES string of the molecule is CC1CCCN(C(=O)NCCCS(C)(=O)=O)C1C(=O)O. The van der Waals surface area contributed by atoms with E-state index in [-0.39, 0.29) is 18.2 Å². The number of carbonyl (C=O) groups is 2. The van der Waals surface area contributed by atoms with Crippen LogP contribution < -0.4 is 5.32 Å². The molecule has 0 saturated carbocycles. The van der Waals surface area contributed by atoms with Crippen LogP contribution in [0.5, 0.6) is 0 Å². The Hall–Kier alpha value is -1.31. The Morgan fingerprint density at radius 2 is 2.05 bits per heavy atom. The summed E-state index contributed by atoms with van der Waals surface area (Å²) in [6.07, 6.45) is 3.03. The van der Waals surface area contributed by atoms with Crippen LogP contribution in [-0.2, 0) is 14.6 Å². The molecule has 2 atom stereocenters. The molecule has 0 radical (unpaired) electrons. The molecular weight excluding hydrogens is 284 g/mol. The number of likely N-dealkylation sites (tertiary alicyclic amines) is 1. The highest BCUT2D eigenvalue weighted by Crippen LogP contribution is 2.23. The van der Waals surface area contributed by atoms with Gasteiger partial charge in [-0.2, -0.15) is 0 Å². The lowest BCUT2D eigenvalue weighted by atomic mass is 9.91. The Labute approximate surface area is 119 Å². The number of carboxylic acid groups (broad SMARTS) is 1. The molecule has 2 amide bonds. The molecule has 1 aliphatic heterocycles. The van der Waals surface area contributed by atoms with Crippen molar-refractivity contribution in [1.29, 1.82) is 0 Å². The van der Waals surface area contributed by atoms with Gasteiger partial charge in [-0.3, -0.25) is 0 Å². The minimum absolute atomic E-state index is 0.00599. The molecule has 8 heteroatoms. The van der Waals surface area contributed by atoms with E-state index in [0.717, 1.165) is 19.1 Å². The zero-order valence-electron chi connectivity index (χ0n) is 11.8. The third-order valence-electron chi connectivity index (χ3n) is 3.42. The lowest BCUT2D eigenvalue weighted by Gasteiger charge is -2.37. The molecule has 7 nitrogen and oxygen atoms in total. The van der Waals surface area contributed by atoms with Crippen molar-refractivity contribution >= 4 is 21.8 Å². The number of carboxylic acids is 1. The first kappa shape index (κ1) is 16.7. The van der Waals surface area contributed by atoms with Crippen LogP contribution in [0.15, 0.2) is 0 Å². The van der Waals surface area contributed by atoms with Gasteiger partial charge in [-0.05, 0) is 25.2 Å². The van der Waals surface area contributed by atoms with Crippen LogP contribution >= 0.6 is 0 Å². The summed E-state index contributed by atoms with van der Waals surface area (Å²) in [6.45, 7) is 2.46. The van der Waals surface area contributed by atoms with Crippen LogP contribution in [0.4, 0.5) is 4.79 Å². The van der Waals surface area contributed by atoms with Crippen molar-refractivity contribution in [3.05, 3.63) is 0 Å². The van der Waals surface area contributed by atoms with Gasteiger partial charge in [0.25, 0.3) is 0 Å². The van der Waals surface area contributed by atoms with E-state index in [1.54, 1.807) is 0 Å². The maximum absolute atomic E-state index is 12.0. The second-order valence-corrected chi connectivity index (χ2v) is 7.57. The van der Waals surface area contributed by atoms with Gasteiger partial charge in [-0.1, -0.05) is 6.92 Å². The van der Waals surface area contributed by atoms with Crippen LogP contribution in [-0.4, -0.2) is 61.6 Å². The van der Waals surface area contributed by atoms with E-state index in [0.29, 0.717) is 13.0 Å². The highest BCUT2D eigenvalue weighted by atomic mass is 32.2. The fourth-order valence-electron chi connectivity index (χ4n) is 2.42. The molecule has 0 spiro atoms. The van der Waals surface area contributed by atoms with E-state index >= 15 is 0 Å². The summed E-state index contributed by atoms with van der Waals surface area (Å²) < 4.78 is 21.9. The zero-order valence-corrected chi connectivity index (χ0v) is 12.6. The van der Waals surface area contributed by atoms with Crippen LogP contribution in [0.25, 0.3) is 0 Å². The Bertz CT molecular complexity index is 462. The number of amides is 2. The van der Waals surface area contributed by atoms with Crippen molar-refractivity contribution in [1.82, 2.24) is 10.2 Å². The first-order valence-electron chi connectivity index (χ1n) is 6.67. The fraction of sp³-hybridized carbons (Fsp3) is 0.833. The predicted molar refractivity (Wildman–Crippen MR) is 74.3 cm³/mol. The lowest BCUT2D eigenvalue weighted by molar-refractivity contribution is -0.145. The van der Waals surface area contributed by atoms with E-state index in [2.05, 4.69) is 5.32 Å². The minimum atomic E-state index is -3.04. The van der Waals surface area contributed by atoms with Crippen molar-refractivity contribution in [2.45, 2.75) is 32.2 Å². The number of carbonyl (C=O) groups excluding carboxylic acids is 1. The molecule has 0 aliphatic carbocycles. The van der Waals surface area contributed by atoms with Gasteiger partial charge < -0.3 is 15.3 Å². The highest BCUT2D eigenvalue weighted by Gasteiger charge is 2.36. The third kappa shape index (κ3) is 4.99. The molecule has 0 bridgehead atoms. The van der Waals surface area contributed by atoms with Gasteiger partial charge in [-0.15, -0.1) is 0 Å². The van der Waals surface area contributed by atoms with Gasteiger partial charge in [0.1, 0.15) is 15.9 Å². The normalized spacial score (nSPS) is 23.4. The summed E-state index contributed by atoms with van der Waals surface area (Å²) >= 11 is 0. The van der Waals surface area contributed by atoms with Crippen LogP contribution in [0, 0.1) is 5.92 Å². The molecule has 1 heterocycles. The van der Waals surface area contributed by atoms with Crippen molar-refractivity contribution < 1.29 is 23.1 Å². The number of sulfone groups is 1. The topological polar surface area (TPSA) is 104 Å². The molecule has 2 unspecified atom stereocenters. The standard InChI is InChI=1S/C12H22N2O5S/c1-9-5-3-7-14(10(9)11(15)16)12(17)13-6-4-8-20(2,18)19/h9-10H,3-8H2,1-2H3,(H,13,17)(H,15,16). The molecule has 1 rings (SSSR count). The smallest absolute Gasteiger partial charge is 0.326 e. The molecule has 1 aliphatic rings. The summed E-state index contributed by atoms with van der Waals surface area (Å²) in [6, 6.07) is -1.24. The van der Waals surface area contributed by atoms with E-state index in [1.165, 1.54) is 4.90 Å². The molecule has 1 fully saturated rings. The second kappa shape index (κ2) is 6.92. The van der Waals surface area contributed by atoms with Crippen molar-refractivity contribution in [2.75, 3.05) is 25.1 Å². The van der Waals surface area contributed by atoms with E-state index in [4.69, 9.17) is 0 Å². The number of rotatable bonds is 5. The largest absolute Gasteiger partial charge is 0.480 e. The lowest BCUT2D eigenvalue weighted by Crippen LogP contribution is -2.55. The second-order valence-electron chi connectivity index (χ2n) is 5.31. The van der Waals surface area contributed by atoms with Crippen molar-refractivity contribution in [2.24, 2.45) is 5.92 Å². The molecule has 0 aromatic carbocycles. The van der Waals surface area contributed by atoms with Gasteiger partial charge in [0.15, 0.2) is 0 Å². The molecule has 0 aromatic rings. The third-order valence-corrected chi connectivity index (χ3v) is 4.45. The van der Waals surface area contributed by atoms with Crippen molar-refractivity contribution in [3.8, 4) is 0 Å². The van der Waals surface area contributed by atoms with Crippen LogP contribution in [0.3, 0.4) is 0 Å². The maximum atomic E-state index is 12.0. The number of urea groups is 1. The highest BCUT2D eigenvalue weighted by molar-refractivity contribution is 7.90. The van der Waals surface area contributed by atoms with Gasteiger partial charge in [0, 0.05) is 19.3 Å². The Morgan fingerprint density at radius 1 is 1.40 bits per heavy atom. The van der Waals surface area contributed by atoms with Gasteiger partial charge in [0.2, 0.25) is 0 Å².